The van der Waals surface area contributed by atoms with Gasteiger partial charge in [-0.05, 0) is 24.1 Å². The van der Waals surface area contributed by atoms with Crippen molar-refractivity contribution >= 4 is 21.6 Å². The first-order valence-electron chi connectivity index (χ1n) is 6.78. The van der Waals surface area contributed by atoms with Gasteiger partial charge in [0.2, 0.25) is 10.0 Å². The molecule has 1 unspecified atom stereocenters. The number of carbonyl (C=O) groups excluding carboxylic acids is 1. The summed E-state index contributed by atoms with van der Waals surface area (Å²) in [4.78, 5) is 11.6. The molecule has 1 aromatic carbocycles. The molecule has 7 nitrogen and oxygen atoms in total. The number of phenolic OH excluding ortho intramolecular Hbond substituents is 1. The Morgan fingerprint density at radius 1 is 1.36 bits per heavy atom. The summed E-state index contributed by atoms with van der Waals surface area (Å²) in [7, 11) is -0.818. The normalized spacial score (nSPS) is 13.0. The highest BCUT2D eigenvalue weighted by Gasteiger charge is 2.23. The molecule has 0 bridgehead atoms. The number of phenols is 1. The number of hydrogen-bond acceptors (Lipinski definition) is 5. The molecule has 0 heterocycles. The summed E-state index contributed by atoms with van der Waals surface area (Å²) in [5, 5.41) is 12.2. The molecule has 124 valence electrons. The van der Waals surface area contributed by atoms with Gasteiger partial charge in [0.25, 0.3) is 5.91 Å². The summed E-state index contributed by atoms with van der Waals surface area (Å²) in [5.41, 5.74) is 0.199. The number of hydrogen-bond donors (Lipinski definition) is 3. The number of amides is 1. The van der Waals surface area contributed by atoms with Crippen LogP contribution in [0.5, 0.6) is 5.75 Å². The number of ether oxygens (including phenoxy) is 1. The molecule has 3 N–H and O–H groups in total. The van der Waals surface area contributed by atoms with Gasteiger partial charge in [-0.15, -0.1) is 0 Å². The Morgan fingerprint density at radius 3 is 2.50 bits per heavy atom. The lowest BCUT2D eigenvalue weighted by Gasteiger charge is -2.20. The molecule has 22 heavy (non-hydrogen) atoms. The van der Waals surface area contributed by atoms with Crippen LogP contribution in [0.15, 0.2) is 18.2 Å². The zero-order valence-corrected chi connectivity index (χ0v) is 13.9. The van der Waals surface area contributed by atoms with Crippen LogP contribution in [-0.2, 0) is 14.8 Å². The highest BCUT2D eigenvalue weighted by Crippen LogP contribution is 2.26. The van der Waals surface area contributed by atoms with Gasteiger partial charge in [0.1, 0.15) is 5.75 Å². The van der Waals surface area contributed by atoms with E-state index in [4.69, 9.17) is 4.74 Å². The Hall–Kier alpha value is -1.80. The maximum atomic E-state index is 12.2. The monoisotopic (exact) mass is 330 g/mol. The van der Waals surface area contributed by atoms with Crippen molar-refractivity contribution in [2.75, 3.05) is 24.6 Å². The zero-order chi connectivity index (χ0) is 16.9. The maximum Gasteiger partial charge on any atom is 0.251 e. The average molecular weight is 330 g/mol. The number of anilines is 1. The number of nitrogens with one attached hydrogen (secondary N) is 2. The van der Waals surface area contributed by atoms with Crippen LogP contribution < -0.4 is 10.0 Å². The quantitative estimate of drug-likeness (QED) is 0.651. The summed E-state index contributed by atoms with van der Waals surface area (Å²) < 4.78 is 31.8. The lowest BCUT2D eigenvalue weighted by atomic mass is 10.1. The van der Waals surface area contributed by atoms with Crippen LogP contribution in [0.3, 0.4) is 0 Å². The molecule has 0 saturated carbocycles. The molecular weight excluding hydrogens is 308 g/mol. The lowest BCUT2D eigenvalue weighted by molar-refractivity contribution is 0.0829. The summed E-state index contributed by atoms with van der Waals surface area (Å²) >= 11 is 0. The van der Waals surface area contributed by atoms with Crippen molar-refractivity contribution in [2.24, 2.45) is 5.92 Å². The largest absolute Gasteiger partial charge is 0.506 e. The van der Waals surface area contributed by atoms with E-state index in [0.29, 0.717) is 0 Å². The van der Waals surface area contributed by atoms with Crippen molar-refractivity contribution in [3.8, 4) is 5.75 Å². The topological polar surface area (TPSA) is 105 Å². The predicted molar refractivity (Wildman–Crippen MR) is 84.5 cm³/mol. The number of rotatable bonds is 7. The van der Waals surface area contributed by atoms with Gasteiger partial charge in [0.15, 0.2) is 0 Å². The first-order valence-corrected chi connectivity index (χ1v) is 8.43. The molecule has 8 heteroatoms. The van der Waals surface area contributed by atoms with Crippen molar-refractivity contribution in [1.29, 1.82) is 0 Å². The van der Waals surface area contributed by atoms with Crippen molar-refractivity contribution in [3.05, 3.63) is 23.8 Å². The van der Waals surface area contributed by atoms with Crippen LogP contribution in [0, 0.1) is 5.92 Å². The molecular formula is C14H22N2O5S. The number of benzene rings is 1. The Balaban J connectivity index is 3.00. The van der Waals surface area contributed by atoms with E-state index >= 15 is 0 Å². The molecule has 0 aliphatic carbocycles. The van der Waals surface area contributed by atoms with Gasteiger partial charge in [-0.1, -0.05) is 13.8 Å². The van der Waals surface area contributed by atoms with Gasteiger partial charge in [0, 0.05) is 19.7 Å². The van der Waals surface area contributed by atoms with Crippen molar-refractivity contribution in [3.63, 3.8) is 0 Å². The number of methoxy groups -OCH3 is 1. The molecule has 0 spiro atoms. The molecule has 1 amide bonds. The van der Waals surface area contributed by atoms with Crippen LogP contribution >= 0.6 is 0 Å². The van der Waals surface area contributed by atoms with E-state index in [1.54, 1.807) is 0 Å². The fourth-order valence-electron chi connectivity index (χ4n) is 1.86. The third-order valence-corrected chi connectivity index (χ3v) is 4.48. The molecule has 0 aromatic heterocycles. The second-order valence-corrected chi connectivity index (χ2v) is 6.98. The van der Waals surface area contributed by atoms with Gasteiger partial charge < -0.3 is 15.2 Å². The highest BCUT2D eigenvalue weighted by molar-refractivity contribution is 7.92. The molecule has 1 aromatic rings. The van der Waals surface area contributed by atoms with E-state index in [9.17, 15) is 18.3 Å². The zero-order valence-electron chi connectivity index (χ0n) is 13.1. The van der Waals surface area contributed by atoms with Crippen LogP contribution in [0.2, 0.25) is 0 Å². The van der Waals surface area contributed by atoms with E-state index in [0.717, 1.165) is 0 Å². The predicted octanol–water partition coefficient (Wildman–Crippen LogP) is 1.16. The van der Waals surface area contributed by atoms with Crippen LogP contribution in [0.25, 0.3) is 0 Å². The smallest absolute Gasteiger partial charge is 0.251 e. The summed E-state index contributed by atoms with van der Waals surface area (Å²) in [6.07, 6.45) is -0.471. The highest BCUT2D eigenvalue weighted by atomic mass is 32.2. The third-order valence-electron chi connectivity index (χ3n) is 3.18. The molecule has 0 aliphatic heterocycles. The van der Waals surface area contributed by atoms with E-state index in [1.807, 2.05) is 13.8 Å². The average Bonchev–Trinajstić information content (AvgIpc) is 2.45. The van der Waals surface area contributed by atoms with Gasteiger partial charge in [-0.3, -0.25) is 9.52 Å². The molecule has 1 atom stereocenters. The molecule has 1 rings (SSSR count). The van der Waals surface area contributed by atoms with Crippen LogP contribution in [0.4, 0.5) is 5.69 Å². The fourth-order valence-corrected chi connectivity index (χ4v) is 3.40. The van der Waals surface area contributed by atoms with Crippen LogP contribution in [0.1, 0.15) is 24.2 Å². The summed E-state index contributed by atoms with van der Waals surface area (Å²) in [5.74, 6) is -0.857. The molecule has 0 saturated heterocycles. The molecule has 0 radical (unpaired) electrons. The minimum atomic E-state index is -3.73. The van der Waals surface area contributed by atoms with E-state index < -0.39 is 16.1 Å². The van der Waals surface area contributed by atoms with Crippen molar-refractivity contribution < 1.29 is 23.1 Å². The molecule has 0 aliphatic rings. The lowest BCUT2D eigenvalue weighted by Crippen LogP contribution is -2.31. The SMILES string of the molecule is CNC(=O)c1ccc(O)c(NS(=O)(=O)CC(OC)C(C)C)c1. The Morgan fingerprint density at radius 2 is 2.00 bits per heavy atom. The van der Waals surface area contributed by atoms with Crippen LogP contribution in [-0.4, -0.2) is 45.4 Å². The van der Waals surface area contributed by atoms with Crippen molar-refractivity contribution in [1.82, 2.24) is 5.32 Å². The van der Waals surface area contributed by atoms with E-state index in [-0.39, 0.29) is 34.6 Å². The summed E-state index contributed by atoms with van der Waals surface area (Å²) in [6.45, 7) is 3.71. The second kappa shape index (κ2) is 7.46. The minimum absolute atomic E-state index is 0.0207. The van der Waals surface area contributed by atoms with E-state index in [2.05, 4.69) is 10.0 Å². The van der Waals surface area contributed by atoms with Gasteiger partial charge in [-0.2, -0.15) is 0 Å². The number of sulfonamides is 1. The minimum Gasteiger partial charge on any atom is -0.506 e. The maximum absolute atomic E-state index is 12.2. The van der Waals surface area contributed by atoms with Crippen molar-refractivity contribution in [2.45, 2.75) is 20.0 Å². The number of aromatic hydroxyl groups is 1. The van der Waals surface area contributed by atoms with Gasteiger partial charge in [-0.25, -0.2) is 8.42 Å². The number of carbonyl (C=O) groups is 1. The third kappa shape index (κ3) is 4.88. The van der Waals surface area contributed by atoms with Gasteiger partial charge in [0.05, 0.1) is 17.5 Å². The standard InChI is InChI=1S/C14H22N2O5S/c1-9(2)13(21-4)8-22(19,20)16-11-7-10(14(18)15-3)5-6-12(11)17/h5-7,9,13,16-17H,8H2,1-4H3,(H,15,18). The van der Waals surface area contributed by atoms with Gasteiger partial charge >= 0.3 is 0 Å². The second-order valence-electron chi connectivity index (χ2n) is 5.21. The first kappa shape index (κ1) is 18.2. The Bertz CT molecular complexity index is 628. The Kier molecular flexibility index (Phi) is 6.19. The fraction of sp³-hybridized carbons (Fsp3) is 0.500. The molecule has 0 fully saturated rings. The Labute approximate surface area is 130 Å². The first-order chi connectivity index (χ1) is 10.2. The van der Waals surface area contributed by atoms with E-state index in [1.165, 1.54) is 32.4 Å². The summed E-state index contributed by atoms with van der Waals surface area (Å²) in [6, 6.07) is 3.94.